The number of carbonyl (C=O) groups excluding carboxylic acids is 2. The first kappa shape index (κ1) is 66.6. The third kappa shape index (κ3) is 53.9. The van der Waals surface area contributed by atoms with Gasteiger partial charge in [0.1, 0.15) is 0 Å². The first-order valence-electron chi connectivity index (χ1n) is 30.9. The van der Waals surface area contributed by atoms with Crippen molar-refractivity contribution in [2.45, 2.75) is 360 Å². The minimum absolute atomic E-state index is 0.00860. The van der Waals surface area contributed by atoms with Gasteiger partial charge in [0, 0.05) is 12.8 Å². The van der Waals surface area contributed by atoms with E-state index < -0.39 is 12.1 Å². The highest BCUT2D eigenvalue weighted by atomic mass is 16.5. The molecule has 0 aromatic rings. The second kappa shape index (κ2) is 58.2. The van der Waals surface area contributed by atoms with E-state index in [1.807, 2.05) is 0 Å². The molecule has 0 aliphatic rings. The maximum Gasteiger partial charge on any atom is 0.305 e. The highest BCUT2D eigenvalue weighted by molar-refractivity contribution is 5.76. The number of nitrogens with one attached hydrogen (secondary N) is 1. The van der Waals surface area contributed by atoms with Crippen molar-refractivity contribution >= 4 is 11.9 Å². The summed E-state index contributed by atoms with van der Waals surface area (Å²) in [5, 5.41) is 23.2. The minimum Gasteiger partial charge on any atom is -0.466 e. The van der Waals surface area contributed by atoms with E-state index in [0.29, 0.717) is 25.9 Å². The highest BCUT2D eigenvalue weighted by Crippen LogP contribution is 2.18. The Bertz CT molecular complexity index is 1020. The predicted molar refractivity (Wildman–Crippen MR) is 297 cm³/mol. The second-order valence-corrected chi connectivity index (χ2v) is 21.4. The smallest absolute Gasteiger partial charge is 0.305 e. The Morgan fingerprint density at radius 2 is 0.691 bits per heavy atom. The molecule has 0 bridgehead atoms. The van der Waals surface area contributed by atoms with Gasteiger partial charge in [-0.2, -0.15) is 0 Å². The van der Waals surface area contributed by atoms with Gasteiger partial charge in [-0.1, -0.05) is 296 Å². The molecular weight excluding hydrogens is 839 g/mol. The Hall–Kier alpha value is -1.40. The number of esters is 1. The molecule has 6 nitrogen and oxygen atoms in total. The van der Waals surface area contributed by atoms with Gasteiger partial charge in [-0.05, 0) is 51.4 Å². The molecule has 0 spiro atoms. The molecule has 0 aliphatic carbocycles. The summed E-state index contributed by atoms with van der Waals surface area (Å²) in [6.45, 7) is 4.96. The normalized spacial score (nSPS) is 12.6. The van der Waals surface area contributed by atoms with Crippen molar-refractivity contribution in [3.8, 4) is 0 Å². The van der Waals surface area contributed by atoms with Crippen molar-refractivity contribution < 1.29 is 24.5 Å². The topological polar surface area (TPSA) is 95.9 Å². The van der Waals surface area contributed by atoms with Crippen molar-refractivity contribution in [1.82, 2.24) is 5.32 Å². The van der Waals surface area contributed by atoms with Crippen LogP contribution in [0.15, 0.2) is 12.2 Å². The molecule has 0 aromatic carbocycles. The van der Waals surface area contributed by atoms with Crippen LogP contribution < -0.4 is 5.32 Å². The van der Waals surface area contributed by atoms with E-state index in [0.717, 1.165) is 44.9 Å². The molecule has 0 saturated carbocycles. The fraction of sp³-hybridized carbons (Fsp3) is 0.935. The van der Waals surface area contributed by atoms with Crippen molar-refractivity contribution in [1.29, 1.82) is 0 Å². The van der Waals surface area contributed by atoms with Crippen LogP contribution in [0.4, 0.5) is 0 Å². The van der Waals surface area contributed by atoms with Gasteiger partial charge in [-0.25, -0.2) is 0 Å². The summed E-state index contributed by atoms with van der Waals surface area (Å²) in [6, 6.07) is -0.538. The summed E-state index contributed by atoms with van der Waals surface area (Å²) in [7, 11) is 0. The molecule has 2 unspecified atom stereocenters. The Balaban J connectivity index is 3.33. The lowest BCUT2D eigenvalue weighted by Crippen LogP contribution is -2.45. The number of rotatable bonds is 58. The summed E-state index contributed by atoms with van der Waals surface area (Å²) in [4.78, 5) is 24.5. The largest absolute Gasteiger partial charge is 0.466 e. The number of unbranched alkanes of at least 4 members (excludes halogenated alkanes) is 45. The van der Waals surface area contributed by atoms with Crippen LogP contribution in [0.3, 0.4) is 0 Å². The number of aliphatic hydroxyl groups excluding tert-OH is 2. The zero-order valence-electron chi connectivity index (χ0n) is 46.1. The van der Waals surface area contributed by atoms with Gasteiger partial charge in [0.25, 0.3) is 0 Å². The van der Waals surface area contributed by atoms with Gasteiger partial charge >= 0.3 is 5.97 Å². The van der Waals surface area contributed by atoms with E-state index in [2.05, 4.69) is 31.3 Å². The average molecular weight is 961 g/mol. The SMILES string of the molecule is CCCCCCCCC/C=C\CCCCCCCC(=O)OCCCCCCCCCCCCCCCCCCCCCCCCCCC(=O)NC(CO)C(O)CCCCCCCCCCCCC. The molecule has 0 saturated heterocycles. The van der Waals surface area contributed by atoms with Gasteiger partial charge in [-0.15, -0.1) is 0 Å². The molecular formula is C62H121NO5. The van der Waals surface area contributed by atoms with Crippen LogP contribution in [-0.4, -0.2) is 47.4 Å². The molecule has 6 heteroatoms. The summed E-state index contributed by atoms with van der Waals surface area (Å²) in [6.07, 6.45) is 69.4. The summed E-state index contributed by atoms with van der Waals surface area (Å²) in [5.41, 5.74) is 0. The number of ether oxygens (including phenoxy) is 1. The van der Waals surface area contributed by atoms with Gasteiger partial charge in [0.15, 0.2) is 0 Å². The Kier molecular flexibility index (Phi) is 57.0. The number of allylic oxidation sites excluding steroid dienone is 2. The number of amides is 1. The van der Waals surface area contributed by atoms with Crippen molar-refractivity contribution in [3.05, 3.63) is 12.2 Å². The monoisotopic (exact) mass is 960 g/mol. The quantitative estimate of drug-likeness (QED) is 0.0321. The summed E-state index contributed by atoms with van der Waals surface area (Å²) < 4.78 is 5.49. The van der Waals surface area contributed by atoms with E-state index in [9.17, 15) is 19.8 Å². The zero-order valence-corrected chi connectivity index (χ0v) is 46.1. The first-order valence-corrected chi connectivity index (χ1v) is 30.9. The molecule has 68 heavy (non-hydrogen) atoms. The third-order valence-corrected chi connectivity index (χ3v) is 14.6. The van der Waals surface area contributed by atoms with Crippen LogP contribution >= 0.6 is 0 Å². The molecule has 0 radical (unpaired) electrons. The Morgan fingerprint density at radius 3 is 1.04 bits per heavy atom. The third-order valence-electron chi connectivity index (χ3n) is 14.6. The van der Waals surface area contributed by atoms with E-state index in [1.165, 1.54) is 270 Å². The number of hydrogen-bond donors (Lipinski definition) is 3. The first-order chi connectivity index (χ1) is 33.5. The van der Waals surface area contributed by atoms with Crippen LogP contribution in [0, 0.1) is 0 Å². The Labute approximate surface area is 425 Å². The van der Waals surface area contributed by atoms with Crippen LogP contribution in [0.1, 0.15) is 348 Å². The van der Waals surface area contributed by atoms with E-state index in [4.69, 9.17) is 4.74 Å². The lowest BCUT2D eigenvalue weighted by Gasteiger charge is -2.22. The van der Waals surface area contributed by atoms with Crippen LogP contribution in [0.25, 0.3) is 0 Å². The maximum atomic E-state index is 12.4. The Morgan fingerprint density at radius 1 is 0.397 bits per heavy atom. The molecule has 0 fully saturated rings. The fourth-order valence-corrected chi connectivity index (χ4v) is 9.81. The molecule has 2 atom stereocenters. The standard InChI is InChI=1S/C62H121NO5/c1-3-5-7-9-11-13-15-16-17-29-32-36-40-44-48-52-56-62(67)68-57-53-49-45-41-37-33-30-27-25-23-21-19-18-20-22-24-26-28-31-35-39-43-47-51-55-61(66)63-59(58-64)60(65)54-50-46-42-38-34-14-12-10-8-6-4-2/h17,29,59-60,64-65H,3-16,18-28,30-58H2,1-2H3,(H,63,66)/b29-17-. The molecule has 0 aromatic heterocycles. The fourth-order valence-electron chi connectivity index (χ4n) is 9.81. The molecule has 0 rings (SSSR count). The van der Waals surface area contributed by atoms with Gasteiger partial charge in [0.05, 0.1) is 25.4 Å². The molecule has 404 valence electrons. The minimum atomic E-state index is -0.661. The van der Waals surface area contributed by atoms with Gasteiger partial charge in [-0.3, -0.25) is 9.59 Å². The molecule has 3 N–H and O–H groups in total. The summed E-state index contributed by atoms with van der Waals surface area (Å²) >= 11 is 0. The second-order valence-electron chi connectivity index (χ2n) is 21.4. The molecule has 1 amide bonds. The van der Waals surface area contributed by atoms with E-state index >= 15 is 0 Å². The maximum absolute atomic E-state index is 12.4. The van der Waals surface area contributed by atoms with Crippen LogP contribution in [0.5, 0.6) is 0 Å². The number of carbonyl (C=O) groups is 2. The summed E-state index contributed by atoms with van der Waals surface area (Å²) in [5.74, 6) is -0.0248. The van der Waals surface area contributed by atoms with Crippen LogP contribution in [0.2, 0.25) is 0 Å². The molecule has 0 aliphatic heterocycles. The van der Waals surface area contributed by atoms with Crippen LogP contribution in [-0.2, 0) is 14.3 Å². The number of hydrogen-bond acceptors (Lipinski definition) is 5. The van der Waals surface area contributed by atoms with E-state index in [-0.39, 0.29) is 18.5 Å². The van der Waals surface area contributed by atoms with E-state index in [1.54, 1.807) is 0 Å². The van der Waals surface area contributed by atoms with Crippen molar-refractivity contribution in [3.63, 3.8) is 0 Å². The van der Waals surface area contributed by atoms with Crippen molar-refractivity contribution in [2.24, 2.45) is 0 Å². The lowest BCUT2D eigenvalue weighted by atomic mass is 10.0. The molecule has 0 heterocycles. The number of aliphatic hydroxyl groups is 2. The lowest BCUT2D eigenvalue weighted by molar-refractivity contribution is -0.143. The average Bonchev–Trinajstić information content (AvgIpc) is 3.34. The van der Waals surface area contributed by atoms with Gasteiger partial charge in [0.2, 0.25) is 5.91 Å². The highest BCUT2D eigenvalue weighted by Gasteiger charge is 2.20. The van der Waals surface area contributed by atoms with Gasteiger partial charge < -0.3 is 20.3 Å². The van der Waals surface area contributed by atoms with Crippen molar-refractivity contribution in [2.75, 3.05) is 13.2 Å². The predicted octanol–water partition coefficient (Wildman–Crippen LogP) is 19.2. The zero-order chi connectivity index (χ0) is 49.3.